The maximum Gasteiger partial charge on any atom is 0.190 e. The molecule has 0 saturated heterocycles. The van der Waals surface area contributed by atoms with Gasteiger partial charge in [0.15, 0.2) is 17.4 Å². The average molecular weight is 199 g/mol. The summed E-state index contributed by atoms with van der Waals surface area (Å²) in [4.78, 5) is 2.47. The van der Waals surface area contributed by atoms with E-state index in [1.54, 1.807) is 0 Å². The topological polar surface area (TPSA) is 58.0 Å². The molecule has 0 saturated carbocycles. The van der Waals surface area contributed by atoms with Crippen LogP contribution in [0.15, 0.2) is 23.3 Å². The molecule has 0 radical (unpaired) electrons. The Morgan fingerprint density at radius 2 is 2.00 bits per heavy atom. The minimum Gasteiger partial charge on any atom is -0.487 e. The molecule has 14 heavy (non-hydrogen) atoms. The van der Waals surface area contributed by atoms with Gasteiger partial charge in [-0.1, -0.05) is 11.2 Å². The molecule has 0 aliphatic carbocycles. The zero-order valence-electron chi connectivity index (χ0n) is 7.15. The van der Waals surface area contributed by atoms with Crippen LogP contribution in [0.5, 0.6) is 5.75 Å². The van der Waals surface area contributed by atoms with Crippen LogP contribution in [0.25, 0.3) is 10.4 Å². The Kier molecular flexibility index (Phi) is 3.69. The second-order valence-corrected chi connectivity index (χ2v) is 2.35. The molecule has 1 rings (SSSR count). The first kappa shape index (κ1) is 10.3. The van der Waals surface area contributed by atoms with Crippen LogP contribution in [-0.2, 0) is 0 Å². The number of para-hydroxylation sites is 1. The summed E-state index contributed by atoms with van der Waals surface area (Å²) in [6.45, 7) is -0.0216. The van der Waals surface area contributed by atoms with E-state index in [0.717, 1.165) is 12.1 Å². The fraction of sp³-hybridized carbons (Fsp3) is 0.250. The molecule has 0 bridgehead atoms. The third-order valence-corrected chi connectivity index (χ3v) is 1.42. The molecule has 0 unspecified atom stereocenters. The minimum atomic E-state index is -0.772. The molecule has 6 heteroatoms. The van der Waals surface area contributed by atoms with Crippen molar-refractivity contribution in [2.45, 2.75) is 0 Å². The first-order valence-corrected chi connectivity index (χ1v) is 3.83. The number of hydrogen-bond donors (Lipinski definition) is 0. The Labute approximate surface area is 78.7 Å². The van der Waals surface area contributed by atoms with Crippen molar-refractivity contribution in [3.05, 3.63) is 40.3 Å². The van der Waals surface area contributed by atoms with Crippen molar-refractivity contribution in [2.75, 3.05) is 13.2 Å². The second-order valence-electron chi connectivity index (χ2n) is 2.35. The van der Waals surface area contributed by atoms with Crippen LogP contribution in [-0.4, -0.2) is 13.2 Å². The summed E-state index contributed by atoms with van der Waals surface area (Å²) in [6, 6.07) is 3.42. The Bertz CT molecular complexity index is 343. The van der Waals surface area contributed by atoms with Crippen LogP contribution in [0.3, 0.4) is 0 Å². The van der Waals surface area contributed by atoms with Gasteiger partial charge in [-0.15, -0.1) is 0 Å². The average Bonchev–Trinajstić information content (AvgIpc) is 2.16. The van der Waals surface area contributed by atoms with Crippen LogP contribution in [0, 0.1) is 11.6 Å². The molecule has 0 fully saturated rings. The highest BCUT2D eigenvalue weighted by atomic mass is 19.1. The van der Waals surface area contributed by atoms with Gasteiger partial charge < -0.3 is 4.74 Å². The van der Waals surface area contributed by atoms with Gasteiger partial charge in [0, 0.05) is 4.91 Å². The van der Waals surface area contributed by atoms with Crippen molar-refractivity contribution < 1.29 is 13.5 Å². The van der Waals surface area contributed by atoms with Crippen molar-refractivity contribution in [1.82, 2.24) is 0 Å². The van der Waals surface area contributed by atoms with Gasteiger partial charge in [-0.2, -0.15) is 0 Å². The van der Waals surface area contributed by atoms with Crippen LogP contribution in [0.2, 0.25) is 0 Å². The van der Waals surface area contributed by atoms with E-state index in [2.05, 4.69) is 10.0 Å². The predicted octanol–water partition coefficient (Wildman–Crippen LogP) is 2.65. The van der Waals surface area contributed by atoms with E-state index in [9.17, 15) is 8.78 Å². The quantitative estimate of drug-likeness (QED) is 0.318. The van der Waals surface area contributed by atoms with Crippen molar-refractivity contribution in [1.29, 1.82) is 0 Å². The molecular weight excluding hydrogens is 192 g/mol. The first-order chi connectivity index (χ1) is 6.75. The molecular formula is C8H7F2N3O. The zero-order chi connectivity index (χ0) is 10.4. The van der Waals surface area contributed by atoms with Crippen molar-refractivity contribution in [3.63, 3.8) is 0 Å². The van der Waals surface area contributed by atoms with E-state index in [0.29, 0.717) is 0 Å². The highest BCUT2D eigenvalue weighted by Crippen LogP contribution is 2.20. The molecule has 0 heterocycles. The molecule has 0 aliphatic heterocycles. The molecule has 0 aromatic heterocycles. The van der Waals surface area contributed by atoms with Crippen LogP contribution >= 0.6 is 0 Å². The molecule has 0 N–H and O–H groups in total. The molecule has 0 amide bonds. The fourth-order valence-electron chi connectivity index (χ4n) is 0.854. The van der Waals surface area contributed by atoms with Crippen molar-refractivity contribution >= 4 is 0 Å². The van der Waals surface area contributed by atoms with Gasteiger partial charge in [-0.25, -0.2) is 8.78 Å². The van der Waals surface area contributed by atoms with E-state index >= 15 is 0 Å². The lowest BCUT2D eigenvalue weighted by atomic mass is 10.3. The van der Waals surface area contributed by atoms with Crippen LogP contribution in [0.4, 0.5) is 8.78 Å². The predicted molar refractivity (Wildman–Crippen MR) is 45.9 cm³/mol. The zero-order valence-corrected chi connectivity index (χ0v) is 7.15. The highest BCUT2D eigenvalue weighted by molar-refractivity contribution is 5.25. The summed E-state index contributed by atoms with van der Waals surface area (Å²) in [5.41, 5.74) is 7.93. The molecule has 1 aromatic carbocycles. The lowest BCUT2D eigenvalue weighted by Gasteiger charge is -2.05. The SMILES string of the molecule is [N-]=[N+]=NCCOc1c(F)cccc1F. The van der Waals surface area contributed by atoms with Crippen molar-refractivity contribution in [3.8, 4) is 5.75 Å². The van der Waals surface area contributed by atoms with E-state index in [-0.39, 0.29) is 13.2 Å². The molecule has 0 spiro atoms. The molecule has 0 aliphatic rings. The Hall–Kier alpha value is -1.81. The minimum absolute atomic E-state index is 0.0320. The van der Waals surface area contributed by atoms with Crippen molar-refractivity contribution in [2.24, 2.45) is 5.11 Å². The summed E-state index contributed by atoms with van der Waals surface area (Å²) in [6.07, 6.45) is 0. The second kappa shape index (κ2) is 5.04. The number of benzene rings is 1. The first-order valence-electron chi connectivity index (χ1n) is 3.83. The summed E-state index contributed by atoms with van der Waals surface area (Å²) in [5.74, 6) is -1.99. The molecule has 1 aromatic rings. The maximum absolute atomic E-state index is 12.9. The smallest absolute Gasteiger partial charge is 0.190 e. The van der Waals surface area contributed by atoms with Gasteiger partial charge in [0.2, 0.25) is 0 Å². The monoisotopic (exact) mass is 199 g/mol. The van der Waals surface area contributed by atoms with Gasteiger partial charge >= 0.3 is 0 Å². The summed E-state index contributed by atoms with van der Waals surface area (Å²) in [5, 5.41) is 3.16. The van der Waals surface area contributed by atoms with E-state index < -0.39 is 17.4 Å². The maximum atomic E-state index is 12.9. The van der Waals surface area contributed by atoms with Gasteiger partial charge in [0.05, 0.1) is 13.2 Å². The fourth-order valence-corrected chi connectivity index (χ4v) is 0.854. The number of ether oxygens (including phenoxy) is 1. The Balaban J connectivity index is 2.61. The van der Waals surface area contributed by atoms with Crippen LogP contribution < -0.4 is 4.74 Å². The summed E-state index contributed by atoms with van der Waals surface area (Å²) < 4.78 is 30.5. The lowest BCUT2D eigenvalue weighted by Crippen LogP contribution is -2.03. The van der Waals surface area contributed by atoms with Gasteiger partial charge in [0.25, 0.3) is 0 Å². The number of nitrogens with zero attached hydrogens (tertiary/aromatic N) is 3. The summed E-state index contributed by atoms with van der Waals surface area (Å²) in [7, 11) is 0. The van der Waals surface area contributed by atoms with Crippen LogP contribution in [0.1, 0.15) is 0 Å². The number of azide groups is 1. The van der Waals surface area contributed by atoms with E-state index in [1.165, 1.54) is 6.07 Å². The number of halogens is 2. The lowest BCUT2D eigenvalue weighted by molar-refractivity contribution is 0.293. The number of rotatable bonds is 4. The number of hydrogen-bond acceptors (Lipinski definition) is 2. The summed E-state index contributed by atoms with van der Waals surface area (Å²) >= 11 is 0. The normalized spacial score (nSPS) is 9.29. The van der Waals surface area contributed by atoms with Gasteiger partial charge in [-0.3, -0.25) is 0 Å². The Morgan fingerprint density at radius 3 is 2.57 bits per heavy atom. The largest absolute Gasteiger partial charge is 0.487 e. The standard InChI is InChI=1S/C8H7F2N3O/c9-6-2-1-3-7(10)8(6)14-5-4-12-13-11/h1-3H,4-5H2. The van der Waals surface area contributed by atoms with Gasteiger partial charge in [-0.05, 0) is 17.7 Å². The third-order valence-electron chi connectivity index (χ3n) is 1.42. The molecule has 0 atom stereocenters. The molecule has 74 valence electrons. The van der Waals surface area contributed by atoms with Gasteiger partial charge in [0.1, 0.15) is 0 Å². The highest BCUT2D eigenvalue weighted by Gasteiger charge is 2.08. The van der Waals surface area contributed by atoms with E-state index in [4.69, 9.17) is 10.3 Å². The Morgan fingerprint density at radius 1 is 1.36 bits per heavy atom. The van der Waals surface area contributed by atoms with E-state index in [1.807, 2.05) is 0 Å². The third kappa shape index (κ3) is 2.60. The molecule has 4 nitrogen and oxygen atoms in total.